The fourth-order valence-electron chi connectivity index (χ4n) is 2.45. The van der Waals surface area contributed by atoms with E-state index in [1.807, 2.05) is 25.1 Å². The molecular weight excluding hydrogens is 359 g/mol. The summed E-state index contributed by atoms with van der Waals surface area (Å²) in [4.78, 5) is 15.6. The third kappa shape index (κ3) is 7.26. The van der Waals surface area contributed by atoms with Crippen molar-refractivity contribution in [2.45, 2.75) is 27.3 Å². The van der Waals surface area contributed by atoms with Crippen molar-refractivity contribution in [1.29, 1.82) is 0 Å². The second kappa shape index (κ2) is 10.9. The van der Waals surface area contributed by atoms with Crippen molar-refractivity contribution >= 4 is 17.6 Å². The van der Waals surface area contributed by atoms with E-state index in [0.29, 0.717) is 49.2 Å². The highest BCUT2D eigenvalue weighted by Gasteiger charge is 2.02. The molecule has 0 aliphatic heterocycles. The van der Waals surface area contributed by atoms with Crippen LogP contribution >= 0.6 is 0 Å². The Morgan fingerprint density at radius 3 is 2.71 bits per heavy atom. The maximum Gasteiger partial charge on any atom is 0.221 e. The van der Waals surface area contributed by atoms with E-state index < -0.39 is 0 Å². The molecule has 1 amide bonds. The second-order valence-corrected chi connectivity index (χ2v) is 6.26. The van der Waals surface area contributed by atoms with E-state index in [1.54, 1.807) is 25.1 Å². The standard InChI is InChI=1S/C21H27FN4O2/c1-4-23-21(25-14-17-9-8-15(2)20(22)12-17)24-10-11-28-19-7-5-6-18(13-19)26-16(3)27/h5-9,12-13H,4,10-11,14H2,1-3H3,(H,26,27)(H2,23,24,25). The minimum Gasteiger partial charge on any atom is -0.492 e. The van der Waals surface area contributed by atoms with Gasteiger partial charge in [-0.2, -0.15) is 0 Å². The summed E-state index contributed by atoms with van der Waals surface area (Å²) in [5.41, 5.74) is 2.13. The smallest absolute Gasteiger partial charge is 0.221 e. The van der Waals surface area contributed by atoms with Gasteiger partial charge in [0.1, 0.15) is 18.2 Å². The molecule has 28 heavy (non-hydrogen) atoms. The van der Waals surface area contributed by atoms with Crippen LogP contribution in [0, 0.1) is 12.7 Å². The summed E-state index contributed by atoms with van der Waals surface area (Å²) in [5, 5.41) is 9.05. The van der Waals surface area contributed by atoms with Gasteiger partial charge in [-0.15, -0.1) is 0 Å². The summed E-state index contributed by atoms with van der Waals surface area (Å²) in [6.45, 7) is 7.24. The number of halogens is 1. The maximum atomic E-state index is 13.6. The molecule has 6 nitrogen and oxygen atoms in total. The summed E-state index contributed by atoms with van der Waals surface area (Å²) >= 11 is 0. The highest BCUT2D eigenvalue weighted by molar-refractivity contribution is 5.88. The van der Waals surface area contributed by atoms with Crippen molar-refractivity contribution in [1.82, 2.24) is 10.6 Å². The number of benzene rings is 2. The Kier molecular flexibility index (Phi) is 8.27. The van der Waals surface area contributed by atoms with Crippen molar-refractivity contribution in [2.75, 3.05) is 25.0 Å². The number of ether oxygens (including phenoxy) is 1. The largest absolute Gasteiger partial charge is 0.492 e. The lowest BCUT2D eigenvalue weighted by atomic mass is 10.1. The fourth-order valence-corrected chi connectivity index (χ4v) is 2.45. The van der Waals surface area contributed by atoms with Gasteiger partial charge in [0.25, 0.3) is 0 Å². The average Bonchev–Trinajstić information content (AvgIpc) is 2.65. The van der Waals surface area contributed by atoms with Crippen LogP contribution in [0.1, 0.15) is 25.0 Å². The molecule has 2 aromatic rings. The first-order chi connectivity index (χ1) is 13.5. The lowest BCUT2D eigenvalue weighted by molar-refractivity contribution is -0.114. The fraction of sp³-hybridized carbons (Fsp3) is 0.333. The maximum absolute atomic E-state index is 13.6. The summed E-state index contributed by atoms with van der Waals surface area (Å²) in [5.74, 6) is 0.962. The third-order valence-corrected chi connectivity index (χ3v) is 3.82. The molecule has 2 rings (SSSR count). The zero-order valence-electron chi connectivity index (χ0n) is 16.5. The second-order valence-electron chi connectivity index (χ2n) is 6.26. The number of nitrogens with one attached hydrogen (secondary N) is 3. The number of amides is 1. The van der Waals surface area contributed by atoms with E-state index in [4.69, 9.17) is 4.74 Å². The molecule has 0 unspecified atom stereocenters. The van der Waals surface area contributed by atoms with Crippen LogP contribution in [0.3, 0.4) is 0 Å². The molecule has 0 aliphatic rings. The van der Waals surface area contributed by atoms with E-state index in [1.165, 1.54) is 13.0 Å². The van der Waals surface area contributed by atoms with Gasteiger partial charge in [-0.05, 0) is 43.2 Å². The molecule has 2 aromatic carbocycles. The van der Waals surface area contributed by atoms with Crippen molar-refractivity contribution in [2.24, 2.45) is 4.99 Å². The van der Waals surface area contributed by atoms with Crippen LogP contribution in [0.5, 0.6) is 5.75 Å². The van der Waals surface area contributed by atoms with Crippen LogP contribution in [-0.2, 0) is 11.3 Å². The Morgan fingerprint density at radius 2 is 2.00 bits per heavy atom. The molecular formula is C21H27FN4O2. The van der Waals surface area contributed by atoms with Gasteiger partial charge in [0.2, 0.25) is 5.91 Å². The zero-order chi connectivity index (χ0) is 20.4. The zero-order valence-corrected chi connectivity index (χ0v) is 16.5. The molecule has 3 N–H and O–H groups in total. The molecule has 0 bridgehead atoms. The van der Waals surface area contributed by atoms with Crippen LogP contribution in [0.15, 0.2) is 47.5 Å². The number of aryl methyl sites for hydroxylation is 1. The van der Waals surface area contributed by atoms with Gasteiger partial charge in [0.15, 0.2) is 5.96 Å². The minimum absolute atomic E-state index is 0.126. The number of anilines is 1. The van der Waals surface area contributed by atoms with E-state index in [0.717, 1.165) is 5.56 Å². The number of aliphatic imine (C=N–C) groups is 1. The molecule has 0 saturated heterocycles. The highest BCUT2D eigenvalue weighted by Crippen LogP contribution is 2.17. The van der Waals surface area contributed by atoms with Crippen molar-refractivity contribution in [3.63, 3.8) is 0 Å². The molecule has 0 saturated carbocycles. The Hall–Kier alpha value is -3.09. The quantitative estimate of drug-likeness (QED) is 0.370. The summed E-state index contributed by atoms with van der Waals surface area (Å²) in [6.07, 6.45) is 0. The summed E-state index contributed by atoms with van der Waals surface area (Å²) in [6, 6.07) is 12.4. The molecule has 0 aromatic heterocycles. The van der Waals surface area contributed by atoms with Crippen LogP contribution in [0.2, 0.25) is 0 Å². The number of carbonyl (C=O) groups excluding carboxylic acids is 1. The predicted molar refractivity (Wildman–Crippen MR) is 110 cm³/mol. The van der Waals surface area contributed by atoms with Gasteiger partial charge in [0.05, 0.1) is 13.1 Å². The molecule has 0 spiro atoms. The Balaban J connectivity index is 1.84. The van der Waals surface area contributed by atoms with Crippen LogP contribution < -0.4 is 20.7 Å². The topological polar surface area (TPSA) is 74.8 Å². The first-order valence-corrected chi connectivity index (χ1v) is 9.25. The number of guanidine groups is 1. The number of rotatable bonds is 8. The lowest BCUT2D eigenvalue weighted by Crippen LogP contribution is -2.39. The average molecular weight is 386 g/mol. The number of hydrogen-bond donors (Lipinski definition) is 3. The van der Waals surface area contributed by atoms with Crippen LogP contribution in [-0.4, -0.2) is 31.6 Å². The first-order valence-electron chi connectivity index (χ1n) is 9.25. The Bertz CT molecular complexity index is 824. The van der Waals surface area contributed by atoms with Gasteiger partial charge in [-0.1, -0.05) is 18.2 Å². The molecule has 0 heterocycles. The Labute approximate surface area is 165 Å². The van der Waals surface area contributed by atoms with Crippen LogP contribution in [0.4, 0.5) is 10.1 Å². The molecule has 0 radical (unpaired) electrons. The normalized spacial score (nSPS) is 11.1. The number of hydrogen-bond acceptors (Lipinski definition) is 3. The number of carbonyl (C=O) groups is 1. The van der Waals surface area contributed by atoms with E-state index >= 15 is 0 Å². The first kappa shape index (κ1) is 21.2. The molecule has 0 fully saturated rings. The summed E-state index contributed by atoms with van der Waals surface area (Å²) in [7, 11) is 0. The monoisotopic (exact) mass is 386 g/mol. The van der Waals surface area contributed by atoms with Crippen molar-refractivity contribution in [3.05, 3.63) is 59.4 Å². The van der Waals surface area contributed by atoms with Gasteiger partial charge in [0, 0.05) is 25.2 Å². The third-order valence-electron chi connectivity index (χ3n) is 3.82. The number of nitrogens with zero attached hydrogens (tertiary/aromatic N) is 1. The SMILES string of the molecule is CCNC(=NCc1ccc(C)c(F)c1)NCCOc1cccc(NC(C)=O)c1. The van der Waals surface area contributed by atoms with E-state index in [9.17, 15) is 9.18 Å². The van der Waals surface area contributed by atoms with Crippen LogP contribution in [0.25, 0.3) is 0 Å². The van der Waals surface area contributed by atoms with Gasteiger partial charge in [-0.3, -0.25) is 4.79 Å². The van der Waals surface area contributed by atoms with Gasteiger partial charge >= 0.3 is 0 Å². The lowest BCUT2D eigenvalue weighted by Gasteiger charge is -2.13. The van der Waals surface area contributed by atoms with Gasteiger partial charge in [-0.25, -0.2) is 9.38 Å². The van der Waals surface area contributed by atoms with Crippen molar-refractivity contribution in [3.8, 4) is 5.75 Å². The van der Waals surface area contributed by atoms with Crippen molar-refractivity contribution < 1.29 is 13.9 Å². The molecule has 7 heteroatoms. The molecule has 0 aliphatic carbocycles. The van der Waals surface area contributed by atoms with E-state index in [2.05, 4.69) is 20.9 Å². The molecule has 0 atom stereocenters. The van der Waals surface area contributed by atoms with E-state index in [-0.39, 0.29) is 11.7 Å². The molecule has 150 valence electrons. The highest BCUT2D eigenvalue weighted by atomic mass is 19.1. The van der Waals surface area contributed by atoms with Gasteiger partial charge < -0.3 is 20.7 Å². The predicted octanol–water partition coefficient (Wildman–Crippen LogP) is 3.23. The Morgan fingerprint density at radius 1 is 1.18 bits per heavy atom. The minimum atomic E-state index is -0.222. The summed E-state index contributed by atoms with van der Waals surface area (Å²) < 4.78 is 19.3.